The minimum Gasteiger partial charge on any atom is -0.327 e. The third kappa shape index (κ3) is 2.76. The van der Waals surface area contributed by atoms with Crippen molar-refractivity contribution in [1.82, 2.24) is 4.90 Å². The van der Waals surface area contributed by atoms with Crippen molar-refractivity contribution < 1.29 is 0 Å². The molecule has 1 heterocycles. The normalized spacial score (nSPS) is 30.1. The fourth-order valence-electron chi connectivity index (χ4n) is 3.43. The van der Waals surface area contributed by atoms with Crippen LogP contribution in [0.25, 0.3) is 0 Å². The van der Waals surface area contributed by atoms with Crippen LogP contribution in [-0.2, 0) is 6.42 Å². The van der Waals surface area contributed by atoms with E-state index in [1.54, 1.807) is 0 Å². The fourth-order valence-corrected chi connectivity index (χ4v) is 3.43. The van der Waals surface area contributed by atoms with E-state index < -0.39 is 0 Å². The lowest BCUT2D eigenvalue weighted by atomic mass is 9.84. The molecular weight excluding hydrogens is 220 g/mol. The fraction of sp³-hybridized carbons (Fsp3) is 0.625. The van der Waals surface area contributed by atoms with Gasteiger partial charge in [-0.3, -0.25) is 4.90 Å². The summed E-state index contributed by atoms with van der Waals surface area (Å²) in [7, 11) is 0. The van der Waals surface area contributed by atoms with Crippen LogP contribution in [0.4, 0.5) is 0 Å². The topological polar surface area (TPSA) is 29.3 Å². The molecule has 0 amide bonds. The standard InChI is InChI=1S/C16H24N2/c17-15-10-14(9-13-5-2-1-3-6-13)11-18(12-15)16-7-4-8-16/h1-3,5-6,14-16H,4,7-12,17H2. The van der Waals surface area contributed by atoms with E-state index >= 15 is 0 Å². The number of nitrogens with zero attached hydrogens (tertiary/aromatic N) is 1. The number of nitrogens with two attached hydrogens (primary N) is 1. The van der Waals surface area contributed by atoms with Crippen LogP contribution in [0, 0.1) is 5.92 Å². The molecule has 2 unspecified atom stereocenters. The predicted octanol–water partition coefficient (Wildman–Crippen LogP) is 2.43. The lowest BCUT2D eigenvalue weighted by molar-refractivity contribution is 0.0669. The number of likely N-dealkylation sites (tertiary alicyclic amines) is 1. The van der Waals surface area contributed by atoms with Crippen molar-refractivity contribution in [2.24, 2.45) is 11.7 Å². The van der Waals surface area contributed by atoms with Gasteiger partial charge in [-0.2, -0.15) is 0 Å². The first-order chi connectivity index (χ1) is 8.81. The molecule has 2 fully saturated rings. The highest BCUT2D eigenvalue weighted by atomic mass is 15.2. The van der Waals surface area contributed by atoms with Crippen LogP contribution >= 0.6 is 0 Å². The van der Waals surface area contributed by atoms with Gasteiger partial charge < -0.3 is 5.73 Å². The highest BCUT2D eigenvalue weighted by molar-refractivity contribution is 5.15. The summed E-state index contributed by atoms with van der Waals surface area (Å²) in [6, 6.07) is 12.1. The van der Waals surface area contributed by atoms with Gasteiger partial charge in [0, 0.05) is 25.2 Å². The van der Waals surface area contributed by atoms with E-state index in [-0.39, 0.29) is 0 Å². The van der Waals surface area contributed by atoms with Crippen LogP contribution in [0.1, 0.15) is 31.2 Å². The van der Waals surface area contributed by atoms with Gasteiger partial charge in [0.2, 0.25) is 0 Å². The summed E-state index contributed by atoms with van der Waals surface area (Å²) in [6.07, 6.45) is 6.59. The molecule has 1 saturated heterocycles. The van der Waals surface area contributed by atoms with E-state index in [9.17, 15) is 0 Å². The average Bonchev–Trinajstić information content (AvgIpc) is 2.27. The number of hydrogen-bond acceptors (Lipinski definition) is 2. The maximum Gasteiger partial charge on any atom is 0.0171 e. The van der Waals surface area contributed by atoms with Gasteiger partial charge in [-0.25, -0.2) is 0 Å². The van der Waals surface area contributed by atoms with Crippen molar-refractivity contribution in [3.8, 4) is 0 Å². The van der Waals surface area contributed by atoms with E-state index in [0.717, 1.165) is 18.5 Å². The Hall–Kier alpha value is -0.860. The largest absolute Gasteiger partial charge is 0.327 e. The zero-order valence-electron chi connectivity index (χ0n) is 11.1. The molecule has 3 rings (SSSR count). The minimum atomic E-state index is 0.382. The zero-order valence-corrected chi connectivity index (χ0v) is 11.1. The molecule has 1 aromatic carbocycles. The summed E-state index contributed by atoms with van der Waals surface area (Å²) in [5.41, 5.74) is 7.71. The van der Waals surface area contributed by atoms with Crippen molar-refractivity contribution in [3.05, 3.63) is 35.9 Å². The van der Waals surface area contributed by atoms with Gasteiger partial charge in [0.1, 0.15) is 0 Å². The Balaban J connectivity index is 1.61. The molecule has 1 aliphatic carbocycles. The molecular formula is C16H24N2. The van der Waals surface area contributed by atoms with Crippen molar-refractivity contribution in [2.75, 3.05) is 13.1 Å². The second kappa shape index (κ2) is 5.41. The van der Waals surface area contributed by atoms with Crippen LogP contribution in [0.2, 0.25) is 0 Å². The molecule has 98 valence electrons. The summed E-state index contributed by atoms with van der Waals surface area (Å²) < 4.78 is 0. The van der Waals surface area contributed by atoms with Gasteiger partial charge >= 0.3 is 0 Å². The van der Waals surface area contributed by atoms with Gasteiger partial charge in [0.05, 0.1) is 0 Å². The third-order valence-electron chi connectivity index (χ3n) is 4.56. The van der Waals surface area contributed by atoms with Crippen LogP contribution in [-0.4, -0.2) is 30.1 Å². The third-order valence-corrected chi connectivity index (χ3v) is 4.56. The first-order valence-corrected chi connectivity index (χ1v) is 7.35. The smallest absolute Gasteiger partial charge is 0.0171 e. The van der Waals surface area contributed by atoms with Crippen LogP contribution in [0.5, 0.6) is 0 Å². The second-order valence-electron chi connectivity index (χ2n) is 6.09. The predicted molar refractivity (Wildman–Crippen MR) is 75.4 cm³/mol. The van der Waals surface area contributed by atoms with E-state index in [1.807, 2.05) is 0 Å². The molecule has 0 bridgehead atoms. The lowest BCUT2D eigenvalue weighted by Crippen LogP contribution is -2.53. The summed E-state index contributed by atoms with van der Waals surface area (Å²) >= 11 is 0. The summed E-state index contributed by atoms with van der Waals surface area (Å²) in [5.74, 6) is 0.747. The molecule has 2 heteroatoms. The lowest BCUT2D eigenvalue weighted by Gasteiger charge is -2.44. The Labute approximate surface area is 110 Å². The Morgan fingerprint density at radius 1 is 1.11 bits per heavy atom. The molecule has 2 nitrogen and oxygen atoms in total. The number of rotatable bonds is 3. The van der Waals surface area contributed by atoms with Crippen molar-refractivity contribution in [3.63, 3.8) is 0 Å². The molecule has 1 aromatic rings. The quantitative estimate of drug-likeness (QED) is 0.885. The molecule has 1 saturated carbocycles. The van der Waals surface area contributed by atoms with E-state index in [4.69, 9.17) is 5.73 Å². The molecule has 18 heavy (non-hydrogen) atoms. The Kier molecular flexibility index (Phi) is 3.67. The van der Waals surface area contributed by atoms with Crippen LogP contribution in [0.15, 0.2) is 30.3 Å². The Bertz CT molecular complexity index is 372. The van der Waals surface area contributed by atoms with E-state index in [2.05, 4.69) is 35.2 Å². The molecule has 2 atom stereocenters. The highest BCUT2D eigenvalue weighted by Crippen LogP contribution is 2.29. The van der Waals surface area contributed by atoms with Crippen LogP contribution < -0.4 is 5.73 Å². The second-order valence-corrected chi connectivity index (χ2v) is 6.09. The monoisotopic (exact) mass is 244 g/mol. The minimum absolute atomic E-state index is 0.382. The SMILES string of the molecule is NC1CC(Cc2ccccc2)CN(C2CCC2)C1. The van der Waals surface area contributed by atoms with Gasteiger partial charge in [-0.1, -0.05) is 36.8 Å². The number of hydrogen-bond donors (Lipinski definition) is 1. The Morgan fingerprint density at radius 2 is 1.89 bits per heavy atom. The van der Waals surface area contributed by atoms with Crippen LogP contribution in [0.3, 0.4) is 0 Å². The van der Waals surface area contributed by atoms with Gasteiger partial charge in [0.25, 0.3) is 0 Å². The number of piperidine rings is 1. The molecule has 0 radical (unpaired) electrons. The summed E-state index contributed by atoms with van der Waals surface area (Å²) in [6.45, 7) is 2.38. The van der Waals surface area contributed by atoms with Gasteiger partial charge in [0.15, 0.2) is 0 Å². The first kappa shape index (κ1) is 12.2. The van der Waals surface area contributed by atoms with Gasteiger partial charge in [-0.15, -0.1) is 0 Å². The molecule has 0 aromatic heterocycles. The number of benzene rings is 1. The van der Waals surface area contributed by atoms with Crippen molar-refractivity contribution >= 4 is 0 Å². The maximum absolute atomic E-state index is 6.24. The van der Waals surface area contributed by atoms with E-state index in [0.29, 0.717) is 6.04 Å². The van der Waals surface area contributed by atoms with Gasteiger partial charge in [-0.05, 0) is 37.2 Å². The molecule has 2 aliphatic rings. The maximum atomic E-state index is 6.24. The zero-order chi connectivity index (χ0) is 12.4. The summed E-state index contributed by atoms with van der Waals surface area (Å²) in [4.78, 5) is 2.66. The first-order valence-electron chi connectivity index (χ1n) is 7.35. The molecule has 2 N–H and O–H groups in total. The van der Waals surface area contributed by atoms with Crippen molar-refractivity contribution in [1.29, 1.82) is 0 Å². The van der Waals surface area contributed by atoms with Crippen molar-refractivity contribution in [2.45, 2.75) is 44.2 Å². The Morgan fingerprint density at radius 3 is 2.56 bits per heavy atom. The molecule has 1 aliphatic heterocycles. The highest BCUT2D eigenvalue weighted by Gasteiger charge is 2.32. The molecule has 0 spiro atoms. The summed E-state index contributed by atoms with van der Waals surface area (Å²) in [5, 5.41) is 0. The average molecular weight is 244 g/mol. The van der Waals surface area contributed by atoms with E-state index in [1.165, 1.54) is 44.2 Å².